The summed E-state index contributed by atoms with van der Waals surface area (Å²) in [6.07, 6.45) is -0.333. The highest BCUT2D eigenvalue weighted by molar-refractivity contribution is 5.81. The van der Waals surface area contributed by atoms with E-state index in [0.29, 0.717) is 24.5 Å². The Kier molecular flexibility index (Phi) is 6.78. The molecule has 0 unspecified atom stereocenters. The van der Waals surface area contributed by atoms with Gasteiger partial charge in [-0.2, -0.15) is 0 Å². The van der Waals surface area contributed by atoms with Crippen LogP contribution in [0.2, 0.25) is 0 Å². The highest BCUT2D eigenvalue weighted by Crippen LogP contribution is 2.62. The lowest BCUT2D eigenvalue weighted by Crippen LogP contribution is -2.71. The predicted octanol–water partition coefficient (Wildman–Crippen LogP) is 2.08. The number of likely N-dealkylation sites (N-methyl/N-ethyl adjacent to an activating group) is 1. The second-order valence-corrected chi connectivity index (χ2v) is 9.85. The van der Waals surface area contributed by atoms with Gasteiger partial charge in [-0.15, -0.1) is 0 Å². The van der Waals surface area contributed by atoms with E-state index in [1.165, 1.54) is 6.92 Å². The Bertz CT molecular complexity index is 1110. The number of rotatable bonds is 7. The molecule has 1 saturated heterocycles. The van der Waals surface area contributed by atoms with Gasteiger partial charge in [0.25, 0.3) is 0 Å². The molecule has 0 bridgehead atoms. The number of carboxylic acids is 1. The third kappa shape index (κ3) is 3.92. The molecule has 4 rings (SSSR count). The molecule has 2 aliphatic heterocycles. The molecular weight excluding hydrogens is 470 g/mol. The molecule has 10 nitrogen and oxygen atoms in total. The lowest BCUT2D eigenvalue weighted by atomic mass is 9.54. The molecule has 1 aliphatic carbocycles. The fourth-order valence-corrected chi connectivity index (χ4v) is 5.87. The summed E-state index contributed by atoms with van der Waals surface area (Å²) in [5.74, 6) is -1.46. The standard InChI is InChI=1S/C26H33NO9/c1-14-6-7-17(33-5)22-21(14)25-12-13-27(4)16(3)26(25,32)11-10-18(23(25)36-22)35-24(31)15(2)34-20(30)9-8-19(28)29/h6-7,10,15-16,23,32H,8-9,11-13H2,1-5H3,(H,28,29)/t15-,16+,23-,25-,26+/m0/s1. The number of likely N-dealkylation sites (tertiary alicyclic amines) is 1. The summed E-state index contributed by atoms with van der Waals surface area (Å²) in [4.78, 5) is 37.6. The normalized spacial score (nSPS) is 29.6. The van der Waals surface area contributed by atoms with E-state index < -0.39 is 47.6 Å². The Balaban J connectivity index is 1.68. The van der Waals surface area contributed by atoms with Crippen molar-refractivity contribution in [3.8, 4) is 11.5 Å². The molecule has 10 heteroatoms. The summed E-state index contributed by atoms with van der Waals surface area (Å²) in [7, 11) is 3.52. The van der Waals surface area contributed by atoms with Crippen molar-refractivity contribution in [1.82, 2.24) is 4.90 Å². The summed E-state index contributed by atoms with van der Waals surface area (Å²) in [5.41, 5.74) is -0.308. The van der Waals surface area contributed by atoms with Crippen molar-refractivity contribution in [3.63, 3.8) is 0 Å². The topological polar surface area (TPSA) is 132 Å². The summed E-state index contributed by atoms with van der Waals surface area (Å²) < 4.78 is 22.8. The molecule has 3 aliphatic rings. The second kappa shape index (κ2) is 9.40. The molecule has 2 heterocycles. The molecule has 36 heavy (non-hydrogen) atoms. The van der Waals surface area contributed by atoms with Crippen molar-refractivity contribution < 1.29 is 43.5 Å². The monoisotopic (exact) mass is 503 g/mol. The Morgan fingerprint density at radius 2 is 2.00 bits per heavy atom. The maximum Gasteiger partial charge on any atom is 0.352 e. The molecular formula is C26H33NO9. The number of aliphatic carboxylic acids is 1. The van der Waals surface area contributed by atoms with Crippen LogP contribution in [-0.4, -0.2) is 77.6 Å². The van der Waals surface area contributed by atoms with Gasteiger partial charge in [-0.3, -0.25) is 9.59 Å². The van der Waals surface area contributed by atoms with E-state index in [9.17, 15) is 19.5 Å². The van der Waals surface area contributed by atoms with Crippen LogP contribution in [0.3, 0.4) is 0 Å². The lowest BCUT2D eigenvalue weighted by Gasteiger charge is -2.58. The number of carbonyl (C=O) groups is 3. The number of hydrogen-bond donors (Lipinski definition) is 2. The van der Waals surface area contributed by atoms with Gasteiger partial charge >= 0.3 is 17.9 Å². The Morgan fingerprint density at radius 3 is 2.67 bits per heavy atom. The van der Waals surface area contributed by atoms with Gasteiger partial charge in [-0.25, -0.2) is 4.79 Å². The van der Waals surface area contributed by atoms with Crippen LogP contribution in [0.25, 0.3) is 0 Å². The van der Waals surface area contributed by atoms with Crippen LogP contribution in [-0.2, 0) is 29.3 Å². The number of aryl methyl sites for hydroxylation is 1. The summed E-state index contributed by atoms with van der Waals surface area (Å²) in [5, 5.41) is 21.0. The predicted molar refractivity (Wildman–Crippen MR) is 127 cm³/mol. The fourth-order valence-electron chi connectivity index (χ4n) is 5.87. The van der Waals surface area contributed by atoms with Crippen molar-refractivity contribution >= 4 is 17.9 Å². The third-order valence-electron chi connectivity index (χ3n) is 7.94. The van der Waals surface area contributed by atoms with Crippen molar-refractivity contribution in [3.05, 3.63) is 35.1 Å². The van der Waals surface area contributed by atoms with E-state index in [0.717, 1.165) is 11.1 Å². The SMILES string of the molecule is COc1ccc(C)c2c1O[C@H]1C(OC(=O)[C@H](C)OC(=O)CCC(=O)O)=CC[C@@]3(O)[C@@H](C)N(C)CC[C@]213. The molecule has 1 fully saturated rings. The quantitative estimate of drug-likeness (QED) is 0.533. The number of hydrogen-bond acceptors (Lipinski definition) is 9. The number of aliphatic hydroxyl groups is 1. The van der Waals surface area contributed by atoms with Crippen LogP contribution in [0.5, 0.6) is 11.5 Å². The maximum absolute atomic E-state index is 12.9. The van der Waals surface area contributed by atoms with Crippen molar-refractivity contribution in [2.75, 3.05) is 20.7 Å². The maximum atomic E-state index is 12.9. The van der Waals surface area contributed by atoms with E-state index in [-0.39, 0.29) is 24.6 Å². The first-order valence-corrected chi connectivity index (χ1v) is 12.1. The Morgan fingerprint density at radius 1 is 1.28 bits per heavy atom. The molecule has 1 spiro atoms. The molecule has 0 radical (unpaired) electrons. The summed E-state index contributed by atoms with van der Waals surface area (Å²) in [6, 6.07) is 3.54. The minimum absolute atomic E-state index is 0.212. The molecule has 0 amide bonds. The highest BCUT2D eigenvalue weighted by Gasteiger charge is 2.69. The van der Waals surface area contributed by atoms with Gasteiger partial charge in [-0.1, -0.05) is 6.07 Å². The molecule has 196 valence electrons. The van der Waals surface area contributed by atoms with Gasteiger partial charge in [0, 0.05) is 18.0 Å². The first kappa shape index (κ1) is 26.0. The van der Waals surface area contributed by atoms with Crippen LogP contribution < -0.4 is 9.47 Å². The molecule has 0 aromatic heterocycles. The number of methoxy groups -OCH3 is 1. The van der Waals surface area contributed by atoms with Gasteiger partial charge in [0.15, 0.2) is 23.7 Å². The Labute approximate surface area is 209 Å². The molecule has 0 saturated carbocycles. The number of carbonyl (C=O) groups excluding carboxylic acids is 2. The van der Waals surface area contributed by atoms with E-state index >= 15 is 0 Å². The first-order valence-electron chi connectivity index (χ1n) is 12.1. The second-order valence-electron chi connectivity index (χ2n) is 9.85. The lowest BCUT2D eigenvalue weighted by molar-refractivity contribution is -0.172. The number of carboxylic acid groups (broad SMARTS) is 1. The minimum Gasteiger partial charge on any atom is -0.493 e. The molecule has 2 N–H and O–H groups in total. The number of piperidine rings is 1. The first-order chi connectivity index (χ1) is 17.0. The smallest absolute Gasteiger partial charge is 0.352 e. The average Bonchev–Trinajstić information content (AvgIpc) is 3.20. The van der Waals surface area contributed by atoms with Gasteiger partial charge < -0.3 is 34.1 Å². The summed E-state index contributed by atoms with van der Waals surface area (Å²) in [6.45, 7) is 6.00. The van der Waals surface area contributed by atoms with Crippen LogP contribution in [0.4, 0.5) is 0 Å². The zero-order valence-corrected chi connectivity index (χ0v) is 21.2. The van der Waals surface area contributed by atoms with Crippen LogP contribution >= 0.6 is 0 Å². The summed E-state index contributed by atoms with van der Waals surface area (Å²) >= 11 is 0. The highest BCUT2D eigenvalue weighted by atomic mass is 16.6. The molecule has 1 aromatic rings. The number of nitrogens with zero attached hydrogens (tertiary/aromatic N) is 1. The number of esters is 2. The zero-order chi connectivity index (χ0) is 26.4. The third-order valence-corrected chi connectivity index (χ3v) is 7.94. The van der Waals surface area contributed by atoms with Crippen molar-refractivity contribution in [1.29, 1.82) is 0 Å². The van der Waals surface area contributed by atoms with Gasteiger partial charge in [0.1, 0.15) is 5.76 Å². The largest absolute Gasteiger partial charge is 0.493 e. The van der Waals surface area contributed by atoms with Crippen LogP contribution in [0.15, 0.2) is 24.0 Å². The van der Waals surface area contributed by atoms with Crippen LogP contribution in [0.1, 0.15) is 50.7 Å². The molecule has 5 atom stereocenters. The van der Waals surface area contributed by atoms with Gasteiger partial charge in [0.2, 0.25) is 0 Å². The van der Waals surface area contributed by atoms with Crippen molar-refractivity contribution in [2.24, 2.45) is 0 Å². The number of benzene rings is 1. The van der Waals surface area contributed by atoms with Crippen molar-refractivity contribution in [2.45, 2.75) is 75.7 Å². The van der Waals surface area contributed by atoms with Crippen LogP contribution in [0, 0.1) is 6.92 Å². The van der Waals surface area contributed by atoms with E-state index in [1.807, 2.05) is 33.0 Å². The minimum atomic E-state index is -1.25. The number of fused-ring (bicyclic) bond motifs is 1. The Hall–Kier alpha value is -3.11. The van der Waals surface area contributed by atoms with E-state index in [1.54, 1.807) is 13.2 Å². The van der Waals surface area contributed by atoms with Gasteiger partial charge in [0.05, 0.1) is 31.0 Å². The average molecular weight is 504 g/mol. The fraction of sp³-hybridized carbons (Fsp3) is 0.577. The van der Waals surface area contributed by atoms with E-state index in [2.05, 4.69) is 4.90 Å². The van der Waals surface area contributed by atoms with E-state index in [4.69, 9.17) is 24.1 Å². The zero-order valence-electron chi connectivity index (χ0n) is 21.2. The number of ether oxygens (including phenoxy) is 4. The van der Waals surface area contributed by atoms with Gasteiger partial charge in [-0.05, 0) is 58.5 Å². The molecule has 1 aromatic carbocycles.